The van der Waals surface area contributed by atoms with E-state index in [1.54, 1.807) is 12.1 Å². The lowest BCUT2D eigenvalue weighted by atomic mass is 10.2. The zero-order valence-electron chi connectivity index (χ0n) is 15.0. The fourth-order valence-corrected chi connectivity index (χ4v) is 2.70. The van der Waals surface area contributed by atoms with Crippen LogP contribution < -0.4 is 10.2 Å². The number of nitriles is 1. The van der Waals surface area contributed by atoms with Gasteiger partial charge in [-0.05, 0) is 37.6 Å². The van der Waals surface area contributed by atoms with Gasteiger partial charge in [0.1, 0.15) is 5.82 Å². The maximum atomic E-state index is 9.05. The molecule has 0 bridgehead atoms. The van der Waals surface area contributed by atoms with Gasteiger partial charge in [0.15, 0.2) is 0 Å². The summed E-state index contributed by atoms with van der Waals surface area (Å²) in [6, 6.07) is 21.7. The molecule has 0 unspecified atom stereocenters. The maximum absolute atomic E-state index is 9.05. The first-order valence-electron chi connectivity index (χ1n) is 8.59. The topological polar surface area (TPSA) is 64.8 Å². The van der Waals surface area contributed by atoms with Crippen molar-refractivity contribution in [3.8, 4) is 6.07 Å². The van der Waals surface area contributed by atoms with Crippen LogP contribution in [0.1, 0.15) is 23.7 Å². The molecule has 0 fully saturated rings. The molecular weight excluding hydrogens is 322 g/mol. The van der Waals surface area contributed by atoms with Crippen molar-refractivity contribution in [3.63, 3.8) is 0 Å². The van der Waals surface area contributed by atoms with Gasteiger partial charge in [0.2, 0.25) is 5.95 Å². The summed E-state index contributed by atoms with van der Waals surface area (Å²) in [5, 5.41) is 12.3. The second-order valence-corrected chi connectivity index (χ2v) is 6.01. The first-order chi connectivity index (χ1) is 12.7. The molecule has 0 saturated carbocycles. The van der Waals surface area contributed by atoms with Crippen LogP contribution in [0.2, 0.25) is 0 Å². The smallest absolute Gasteiger partial charge is 0.227 e. The van der Waals surface area contributed by atoms with E-state index in [1.807, 2.05) is 43.3 Å². The van der Waals surface area contributed by atoms with Crippen LogP contribution in [0, 0.1) is 18.3 Å². The Bertz CT molecular complexity index is 915. The Balaban J connectivity index is 1.85. The highest BCUT2D eigenvalue weighted by Crippen LogP contribution is 2.20. The van der Waals surface area contributed by atoms with Gasteiger partial charge in [-0.3, -0.25) is 0 Å². The van der Waals surface area contributed by atoms with Gasteiger partial charge in [0, 0.05) is 30.5 Å². The van der Waals surface area contributed by atoms with E-state index in [0.29, 0.717) is 17.3 Å². The molecule has 0 aliphatic carbocycles. The Labute approximate surface area is 154 Å². The Kier molecular flexibility index (Phi) is 5.45. The number of aromatic nitrogens is 2. The Morgan fingerprint density at radius 1 is 1.04 bits per heavy atom. The molecule has 0 aliphatic rings. The fraction of sp³-hybridized carbons (Fsp3) is 0.190. The summed E-state index contributed by atoms with van der Waals surface area (Å²) in [5.74, 6) is 1.41. The average Bonchev–Trinajstić information content (AvgIpc) is 2.66. The molecule has 0 saturated heterocycles. The van der Waals surface area contributed by atoms with Crippen LogP contribution in [0.25, 0.3) is 0 Å². The van der Waals surface area contributed by atoms with Gasteiger partial charge in [0.05, 0.1) is 11.6 Å². The monoisotopic (exact) mass is 343 g/mol. The van der Waals surface area contributed by atoms with Crippen LogP contribution in [0.15, 0.2) is 60.7 Å². The molecule has 3 rings (SSSR count). The lowest BCUT2D eigenvalue weighted by Gasteiger charge is -2.22. The molecule has 1 heterocycles. The molecule has 0 atom stereocenters. The van der Waals surface area contributed by atoms with Crippen LogP contribution in [0.3, 0.4) is 0 Å². The second-order valence-electron chi connectivity index (χ2n) is 6.01. The summed E-state index contributed by atoms with van der Waals surface area (Å²) in [6.07, 6.45) is 0. The molecule has 1 N–H and O–H groups in total. The summed E-state index contributed by atoms with van der Waals surface area (Å²) >= 11 is 0. The minimum Gasteiger partial charge on any atom is -0.340 e. The number of hydrogen-bond acceptors (Lipinski definition) is 5. The van der Waals surface area contributed by atoms with E-state index in [0.717, 1.165) is 24.5 Å². The van der Waals surface area contributed by atoms with Crippen LogP contribution in [0.5, 0.6) is 0 Å². The lowest BCUT2D eigenvalue weighted by molar-refractivity contribution is 0.788. The number of hydrogen-bond donors (Lipinski definition) is 1. The predicted octanol–water partition coefficient (Wildman–Crippen LogP) is 4.43. The molecule has 0 amide bonds. The summed E-state index contributed by atoms with van der Waals surface area (Å²) in [7, 11) is 0. The van der Waals surface area contributed by atoms with E-state index in [1.165, 1.54) is 5.56 Å². The van der Waals surface area contributed by atoms with E-state index in [9.17, 15) is 0 Å². The number of rotatable bonds is 6. The summed E-state index contributed by atoms with van der Waals surface area (Å²) in [4.78, 5) is 11.4. The zero-order valence-corrected chi connectivity index (χ0v) is 15.0. The molecule has 0 spiro atoms. The third-order valence-corrected chi connectivity index (χ3v) is 3.99. The zero-order chi connectivity index (χ0) is 18.4. The molecule has 0 aliphatic heterocycles. The van der Waals surface area contributed by atoms with Gasteiger partial charge in [-0.15, -0.1) is 0 Å². The quantitative estimate of drug-likeness (QED) is 0.717. The molecule has 3 aromatic rings. The van der Waals surface area contributed by atoms with Crippen molar-refractivity contribution in [2.45, 2.75) is 20.4 Å². The molecule has 130 valence electrons. The molecule has 0 radical (unpaired) electrons. The number of anilines is 3. The molecule has 1 aromatic heterocycles. The third-order valence-electron chi connectivity index (χ3n) is 3.99. The Morgan fingerprint density at radius 3 is 2.58 bits per heavy atom. The van der Waals surface area contributed by atoms with Gasteiger partial charge in [-0.2, -0.15) is 10.2 Å². The Hall–Kier alpha value is -3.39. The largest absolute Gasteiger partial charge is 0.340 e. The van der Waals surface area contributed by atoms with Crippen molar-refractivity contribution < 1.29 is 0 Å². The fourth-order valence-electron chi connectivity index (χ4n) is 2.70. The highest BCUT2D eigenvalue weighted by atomic mass is 15.3. The van der Waals surface area contributed by atoms with Crippen molar-refractivity contribution >= 4 is 17.5 Å². The summed E-state index contributed by atoms with van der Waals surface area (Å²) < 4.78 is 0. The average molecular weight is 343 g/mol. The van der Waals surface area contributed by atoms with Gasteiger partial charge in [0.25, 0.3) is 0 Å². The SMILES string of the molecule is CCN(Cc1ccccc1)c1nc(C)cc(Nc2cccc(C#N)c2)n1. The molecule has 2 aromatic carbocycles. The summed E-state index contributed by atoms with van der Waals surface area (Å²) in [5.41, 5.74) is 3.55. The van der Waals surface area contributed by atoms with Crippen molar-refractivity contribution in [2.75, 3.05) is 16.8 Å². The highest BCUT2D eigenvalue weighted by Gasteiger charge is 2.11. The lowest BCUT2D eigenvalue weighted by Crippen LogP contribution is -2.24. The predicted molar refractivity (Wildman–Crippen MR) is 104 cm³/mol. The van der Waals surface area contributed by atoms with Crippen LogP contribution in [-0.2, 0) is 6.54 Å². The van der Waals surface area contributed by atoms with E-state index >= 15 is 0 Å². The Morgan fingerprint density at radius 2 is 1.85 bits per heavy atom. The summed E-state index contributed by atoms with van der Waals surface area (Å²) in [6.45, 7) is 5.61. The molecular formula is C21H21N5. The van der Waals surface area contributed by atoms with E-state index in [2.05, 4.69) is 45.3 Å². The first-order valence-corrected chi connectivity index (χ1v) is 8.59. The number of nitrogens with one attached hydrogen (secondary N) is 1. The minimum atomic E-state index is 0.611. The van der Waals surface area contributed by atoms with Crippen molar-refractivity contribution in [3.05, 3.63) is 77.5 Å². The highest BCUT2D eigenvalue weighted by molar-refractivity contribution is 5.59. The van der Waals surface area contributed by atoms with Crippen molar-refractivity contribution in [1.29, 1.82) is 5.26 Å². The van der Waals surface area contributed by atoms with Crippen LogP contribution in [-0.4, -0.2) is 16.5 Å². The third kappa shape index (κ3) is 4.37. The van der Waals surface area contributed by atoms with Crippen LogP contribution >= 0.6 is 0 Å². The maximum Gasteiger partial charge on any atom is 0.227 e. The number of nitrogens with zero attached hydrogens (tertiary/aromatic N) is 4. The second kappa shape index (κ2) is 8.13. The van der Waals surface area contributed by atoms with Crippen molar-refractivity contribution in [1.82, 2.24) is 9.97 Å². The number of aryl methyl sites for hydroxylation is 1. The van der Waals surface area contributed by atoms with Crippen LogP contribution in [0.4, 0.5) is 17.5 Å². The van der Waals surface area contributed by atoms with Gasteiger partial charge >= 0.3 is 0 Å². The minimum absolute atomic E-state index is 0.611. The molecule has 5 heteroatoms. The van der Waals surface area contributed by atoms with Gasteiger partial charge in [-0.25, -0.2) is 4.98 Å². The number of benzene rings is 2. The normalized spacial score (nSPS) is 10.2. The molecule has 26 heavy (non-hydrogen) atoms. The standard InChI is InChI=1S/C21H21N5/c1-3-26(15-17-8-5-4-6-9-17)21-23-16(2)12-20(25-21)24-19-11-7-10-18(13-19)14-22/h4-13H,3,15H2,1-2H3,(H,23,24,25). The first kappa shape index (κ1) is 17.4. The van der Waals surface area contributed by atoms with Crippen molar-refractivity contribution in [2.24, 2.45) is 0 Å². The van der Waals surface area contributed by atoms with Gasteiger partial charge in [-0.1, -0.05) is 36.4 Å². The molecule has 5 nitrogen and oxygen atoms in total. The van der Waals surface area contributed by atoms with E-state index < -0.39 is 0 Å². The van der Waals surface area contributed by atoms with E-state index in [4.69, 9.17) is 5.26 Å². The van der Waals surface area contributed by atoms with E-state index in [-0.39, 0.29) is 0 Å². The van der Waals surface area contributed by atoms with Gasteiger partial charge < -0.3 is 10.2 Å².